The Labute approximate surface area is 115 Å². The maximum absolute atomic E-state index is 4.40. The van der Waals surface area contributed by atoms with Crippen LogP contribution in [0.5, 0.6) is 0 Å². The maximum Gasteiger partial charge on any atom is 0.0702 e. The number of aromatic nitrogens is 1. The minimum absolute atomic E-state index is 0.526. The van der Waals surface area contributed by atoms with Crippen LogP contribution in [0.15, 0.2) is 36.5 Å². The zero-order valence-electron chi connectivity index (χ0n) is 11.6. The number of rotatable bonds is 5. The molecule has 1 aliphatic rings. The van der Waals surface area contributed by atoms with Crippen LogP contribution in [0, 0.1) is 5.92 Å². The van der Waals surface area contributed by atoms with Gasteiger partial charge in [0, 0.05) is 17.6 Å². The number of benzene rings is 1. The molecule has 0 saturated heterocycles. The van der Waals surface area contributed by atoms with Gasteiger partial charge in [-0.25, -0.2) is 0 Å². The van der Waals surface area contributed by atoms with Crippen molar-refractivity contribution < 1.29 is 0 Å². The summed E-state index contributed by atoms with van der Waals surface area (Å²) in [6.45, 7) is 3.33. The molecule has 1 aliphatic carbocycles. The largest absolute Gasteiger partial charge is 0.310 e. The lowest BCUT2D eigenvalue weighted by Gasteiger charge is -2.35. The van der Waals surface area contributed by atoms with Crippen LogP contribution in [0.3, 0.4) is 0 Å². The first kappa shape index (κ1) is 12.6. The van der Waals surface area contributed by atoms with Gasteiger partial charge in [0.05, 0.1) is 5.52 Å². The van der Waals surface area contributed by atoms with Gasteiger partial charge in [-0.1, -0.05) is 25.5 Å². The van der Waals surface area contributed by atoms with Crippen LogP contribution in [0.2, 0.25) is 0 Å². The molecule has 1 fully saturated rings. The molecule has 3 rings (SSSR count). The van der Waals surface area contributed by atoms with Crippen molar-refractivity contribution in [2.75, 3.05) is 6.54 Å². The van der Waals surface area contributed by atoms with Crippen molar-refractivity contribution in [3.63, 3.8) is 0 Å². The normalized spacial score (nSPS) is 17.3. The van der Waals surface area contributed by atoms with Crippen LogP contribution < -0.4 is 5.32 Å². The number of hydrogen-bond acceptors (Lipinski definition) is 2. The molecule has 0 radical (unpaired) electrons. The Morgan fingerprint density at radius 1 is 1.32 bits per heavy atom. The first-order valence-corrected chi connectivity index (χ1v) is 7.46. The molecule has 2 aromatic rings. The smallest absolute Gasteiger partial charge is 0.0702 e. The van der Waals surface area contributed by atoms with Gasteiger partial charge < -0.3 is 5.32 Å². The first-order valence-electron chi connectivity index (χ1n) is 7.46. The van der Waals surface area contributed by atoms with Crippen molar-refractivity contribution >= 4 is 10.9 Å². The molecule has 1 atom stereocenters. The standard InChI is InChI=1S/C17H22N2/c1-2-10-19-17(13-5-3-6-13)15-8-9-16-14(12-15)7-4-11-18-16/h4,7-9,11-13,17,19H,2-3,5-6,10H2,1H3. The Morgan fingerprint density at radius 2 is 2.21 bits per heavy atom. The van der Waals surface area contributed by atoms with Gasteiger partial charge in [0.2, 0.25) is 0 Å². The van der Waals surface area contributed by atoms with Gasteiger partial charge in [-0.3, -0.25) is 4.98 Å². The lowest BCUT2D eigenvalue weighted by atomic mass is 9.77. The lowest BCUT2D eigenvalue weighted by molar-refractivity contribution is 0.231. The van der Waals surface area contributed by atoms with E-state index in [1.807, 2.05) is 12.3 Å². The van der Waals surface area contributed by atoms with Gasteiger partial charge in [-0.15, -0.1) is 0 Å². The van der Waals surface area contributed by atoms with Crippen molar-refractivity contribution in [3.05, 3.63) is 42.1 Å². The van der Waals surface area contributed by atoms with Gasteiger partial charge in [0.15, 0.2) is 0 Å². The van der Waals surface area contributed by atoms with Crippen molar-refractivity contribution in [3.8, 4) is 0 Å². The van der Waals surface area contributed by atoms with E-state index in [1.54, 1.807) is 0 Å². The number of nitrogens with one attached hydrogen (secondary N) is 1. The van der Waals surface area contributed by atoms with E-state index in [0.29, 0.717) is 6.04 Å². The second kappa shape index (κ2) is 5.70. The average molecular weight is 254 g/mol. The molecule has 1 unspecified atom stereocenters. The number of hydrogen-bond donors (Lipinski definition) is 1. The topological polar surface area (TPSA) is 24.9 Å². The summed E-state index contributed by atoms with van der Waals surface area (Å²) >= 11 is 0. The number of pyridine rings is 1. The summed E-state index contributed by atoms with van der Waals surface area (Å²) in [5, 5.41) is 4.98. The molecule has 0 spiro atoms. The minimum atomic E-state index is 0.526. The molecule has 1 heterocycles. The number of nitrogens with zero attached hydrogens (tertiary/aromatic N) is 1. The molecule has 0 amide bonds. The second-order valence-electron chi connectivity index (χ2n) is 5.58. The van der Waals surface area contributed by atoms with E-state index in [0.717, 1.165) is 18.0 Å². The predicted octanol–water partition coefficient (Wildman–Crippen LogP) is 4.08. The first-order chi connectivity index (χ1) is 9.38. The summed E-state index contributed by atoms with van der Waals surface area (Å²) in [5.41, 5.74) is 2.52. The minimum Gasteiger partial charge on any atom is -0.310 e. The second-order valence-corrected chi connectivity index (χ2v) is 5.58. The summed E-state index contributed by atoms with van der Waals surface area (Å²) in [5.74, 6) is 0.820. The fourth-order valence-corrected chi connectivity index (χ4v) is 2.92. The Hall–Kier alpha value is -1.41. The summed E-state index contributed by atoms with van der Waals surface area (Å²) in [7, 11) is 0. The van der Waals surface area contributed by atoms with Crippen molar-refractivity contribution in [2.24, 2.45) is 5.92 Å². The monoisotopic (exact) mass is 254 g/mol. The Morgan fingerprint density at radius 3 is 2.95 bits per heavy atom. The van der Waals surface area contributed by atoms with E-state index in [2.05, 4.69) is 41.5 Å². The Balaban J connectivity index is 1.89. The molecular formula is C17H22N2. The third-order valence-electron chi connectivity index (χ3n) is 4.22. The average Bonchev–Trinajstić information content (AvgIpc) is 2.40. The summed E-state index contributed by atoms with van der Waals surface area (Å²) < 4.78 is 0. The third kappa shape index (κ3) is 2.64. The highest BCUT2D eigenvalue weighted by Crippen LogP contribution is 2.38. The van der Waals surface area contributed by atoms with Crippen molar-refractivity contribution in [1.29, 1.82) is 0 Å². The highest BCUT2D eigenvalue weighted by molar-refractivity contribution is 5.79. The van der Waals surface area contributed by atoms with Gasteiger partial charge in [-0.2, -0.15) is 0 Å². The molecule has 100 valence electrons. The highest BCUT2D eigenvalue weighted by atomic mass is 14.9. The molecule has 19 heavy (non-hydrogen) atoms. The molecule has 2 nitrogen and oxygen atoms in total. The van der Waals surface area contributed by atoms with Crippen LogP contribution in [0.25, 0.3) is 10.9 Å². The van der Waals surface area contributed by atoms with Gasteiger partial charge in [0.25, 0.3) is 0 Å². The maximum atomic E-state index is 4.40. The summed E-state index contributed by atoms with van der Waals surface area (Å²) in [6.07, 6.45) is 7.18. The molecule has 1 N–H and O–H groups in total. The Kier molecular flexibility index (Phi) is 3.79. The molecule has 1 saturated carbocycles. The molecule has 1 aromatic heterocycles. The molecule has 0 aliphatic heterocycles. The van der Waals surface area contributed by atoms with E-state index in [1.165, 1.54) is 36.6 Å². The zero-order valence-corrected chi connectivity index (χ0v) is 11.6. The summed E-state index contributed by atoms with van der Waals surface area (Å²) in [4.78, 5) is 4.40. The number of fused-ring (bicyclic) bond motifs is 1. The fourth-order valence-electron chi connectivity index (χ4n) is 2.92. The van der Waals surface area contributed by atoms with E-state index in [9.17, 15) is 0 Å². The molecule has 1 aromatic carbocycles. The fraction of sp³-hybridized carbons (Fsp3) is 0.471. The predicted molar refractivity (Wildman–Crippen MR) is 80.1 cm³/mol. The third-order valence-corrected chi connectivity index (χ3v) is 4.22. The van der Waals surface area contributed by atoms with E-state index < -0.39 is 0 Å². The van der Waals surface area contributed by atoms with Gasteiger partial charge in [0.1, 0.15) is 0 Å². The van der Waals surface area contributed by atoms with E-state index in [-0.39, 0.29) is 0 Å². The van der Waals surface area contributed by atoms with E-state index in [4.69, 9.17) is 0 Å². The van der Waals surface area contributed by atoms with Crippen LogP contribution in [0.4, 0.5) is 0 Å². The lowest BCUT2D eigenvalue weighted by Crippen LogP contribution is -2.32. The van der Waals surface area contributed by atoms with Crippen LogP contribution >= 0.6 is 0 Å². The van der Waals surface area contributed by atoms with Crippen molar-refractivity contribution in [1.82, 2.24) is 10.3 Å². The van der Waals surface area contributed by atoms with Crippen molar-refractivity contribution in [2.45, 2.75) is 38.6 Å². The van der Waals surface area contributed by atoms with Crippen LogP contribution in [0.1, 0.15) is 44.2 Å². The SMILES string of the molecule is CCCNC(c1ccc2ncccc2c1)C1CCC1. The Bertz CT molecular complexity index is 546. The van der Waals surface area contributed by atoms with Gasteiger partial charge in [-0.05, 0) is 55.5 Å². The van der Waals surface area contributed by atoms with Gasteiger partial charge >= 0.3 is 0 Å². The van der Waals surface area contributed by atoms with Crippen LogP contribution in [-0.2, 0) is 0 Å². The van der Waals surface area contributed by atoms with Crippen LogP contribution in [-0.4, -0.2) is 11.5 Å². The summed E-state index contributed by atoms with van der Waals surface area (Å²) in [6, 6.07) is 11.4. The molecule has 2 heteroatoms. The molecule has 0 bridgehead atoms. The quantitative estimate of drug-likeness (QED) is 0.869. The zero-order chi connectivity index (χ0) is 13.1. The molecular weight excluding hydrogens is 232 g/mol. The highest BCUT2D eigenvalue weighted by Gasteiger charge is 2.27. The van der Waals surface area contributed by atoms with E-state index >= 15 is 0 Å².